The van der Waals surface area contributed by atoms with Crippen LogP contribution in [0.5, 0.6) is 0 Å². The number of carbonyl (C=O) groups excluding carboxylic acids is 2. The number of rotatable bonds is 4. The van der Waals surface area contributed by atoms with Crippen molar-refractivity contribution in [2.75, 3.05) is 7.11 Å². The smallest absolute Gasteiger partial charge is 0.333 e. The van der Waals surface area contributed by atoms with Gasteiger partial charge < -0.3 is 10.5 Å². The zero-order valence-corrected chi connectivity index (χ0v) is 9.90. The van der Waals surface area contributed by atoms with Crippen LogP contribution in [0.25, 0.3) is 6.08 Å². The molecule has 1 amide bonds. The maximum Gasteiger partial charge on any atom is 0.333 e. The topological polar surface area (TPSA) is 69.4 Å². The SMILES string of the molecule is COC(=O)C(C)=Cc1ccc(CC(N)=O)cc1. The van der Waals surface area contributed by atoms with Crippen molar-refractivity contribution in [3.8, 4) is 0 Å². The first-order valence-corrected chi connectivity index (χ1v) is 5.17. The average molecular weight is 233 g/mol. The molecule has 2 N–H and O–H groups in total. The molecule has 1 aromatic carbocycles. The second-order valence-electron chi connectivity index (χ2n) is 3.70. The zero-order chi connectivity index (χ0) is 12.8. The lowest BCUT2D eigenvalue weighted by molar-refractivity contribution is -0.135. The monoisotopic (exact) mass is 233 g/mol. The van der Waals surface area contributed by atoms with Crippen LogP contribution in [0.4, 0.5) is 0 Å². The Hall–Kier alpha value is -2.10. The number of nitrogens with two attached hydrogens (primary N) is 1. The highest BCUT2D eigenvalue weighted by molar-refractivity contribution is 5.92. The standard InChI is InChI=1S/C13H15NO3/c1-9(13(16)17-2)7-10-3-5-11(6-4-10)8-12(14)15/h3-7H,8H2,1-2H3,(H2,14,15). The van der Waals surface area contributed by atoms with Gasteiger partial charge in [-0.25, -0.2) is 4.79 Å². The van der Waals surface area contributed by atoms with Crippen molar-refractivity contribution in [3.05, 3.63) is 41.0 Å². The van der Waals surface area contributed by atoms with Crippen molar-refractivity contribution in [2.45, 2.75) is 13.3 Å². The molecule has 1 rings (SSSR count). The molecule has 0 bridgehead atoms. The van der Waals surface area contributed by atoms with Gasteiger partial charge in [0.25, 0.3) is 0 Å². The first-order chi connectivity index (χ1) is 8.02. The van der Waals surface area contributed by atoms with Crippen molar-refractivity contribution >= 4 is 18.0 Å². The number of hydrogen-bond acceptors (Lipinski definition) is 3. The predicted octanol–water partition coefficient (Wildman–Crippen LogP) is 1.29. The van der Waals surface area contributed by atoms with Gasteiger partial charge in [0.2, 0.25) is 5.91 Å². The number of carbonyl (C=O) groups is 2. The lowest BCUT2D eigenvalue weighted by Crippen LogP contribution is -2.13. The molecule has 0 fully saturated rings. The molecule has 0 unspecified atom stereocenters. The minimum Gasteiger partial charge on any atom is -0.466 e. The maximum atomic E-state index is 11.2. The predicted molar refractivity (Wildman–Crippen MR) is 65.0 cm³/mol. The zero-order valence-electron chi connectivity index (χ0n) is 9.90. The van der Waals surface area contributed by atoms with E-state index in [1.807, 2.05) is 12.1 Å². The fourth-order valence-corrected chi connectivity index (χ4v) is 1.40. The third kappa shape index (κ3) is 4.10. The Kier molecular flexibility index (Phi) is 4.46. The Morgan fingerprint density at radius 3 is 2.35 bits per heavy atom. The molecule has 4 heteroatoms. The lowest BCUT2D eigenvalue weighted by Gasteiger charge is -2.01. The number of benzene rings is 1. The third-order valence-corrected chi connectivity index (χ3v) is 2.25. The van der Waals surface area contributed by atoms with Gasteiger partial charge in [0.15, 0.2) is 0 Å². The van der Waals surface area contributed by atoms with Crippen LogP contribution in [0.15, 0.2) is 29.8 Å². The normalized spacial score (nSPS) is 11.1. The Bertz CT molecular complexity index is 446. The number of primary amides is 1. The molecule has 17 heavy (non-hydrogen) atoms. The molecule has 0 aliphatic carbocycles. The summed E-state index contributed by atoms with van der Waals surface area (Å²) in [5, 5.41) is 0. The van der Waals surface area contributed by atoms with E-state index in [9.17, 15) is 9.59 Å². The van der Waals surface area contributed by atoms with Crippen LogP contribution >= 0.6 is 0 Å². The van der Waals surface area contributed by atoms with E-state index in [1.165, 1.54) is 7.11 Å². The van der Waals surface area contributed by atoms with Gasteiger partial charge in [-0.1, -0.05) is 24.3 Å². The number of methoxy groups -OCH3 is 1. The highest BCUT2D eigenvalue weighted by Crippen LogP contribution is 2.10. The Balaban J connectivity index is 2.81. The van der Waals surface area contributed by atoms with Gasteiger partial charge in [-0.15, -0.1) is 0 Å². The Labute approximate surface area is 100 Å². The van der Waals surface area contributed by atoms with E-state index >= 15 is 0 Å². The van der Waals surface area contributed by atoms with Crippen LogP contribution in [0.1, 0.15) is 18.1 Å². The summed E-state index contributed by atoms with van der Waals surface area (Å²) in [6.07, 6.45) is 1.94. The second kappa shape index (κ2) is 5.84. The van der Waals surface area contributed by atoms with Crippen LogP contribution in [-0.2, 0) is 20.7 Å². The summed E-state index contributed by atoms with van der Waals surface area (Å²) in [5.74, 6) is -0.717. The quantitative estimate of drug-likeness (QED) is 0.629. The van der Waals surface area contributed by atoms with Crippen LogP contribution in [0.2, 0.25) is 0 Å². The molecule has 0 aliphatic rings. The van der Waals surface area contributed by atoms with Crippen LogP contribution in [0, 0.1) is 0 Å². The van der Waals surface area contributed by atoms with E-state index in [-0.39, 0.29) is 18.3 Å². The lowest BCUT2D eigenvalue weighted by atomic mass is 10.1. The minimum absolute atomic E-state index is 0.222. The Morgan fingerprint density at radius 2 is 1.88 bits per heavy atom. The van der Waals surface area contributed by atoms with E-state index in [0.29, 0.717) is 5.57 Å². The summed E-state index contributed by atoms with van der Waals surface area (Å²) in [4.78, 5) is 21.9. The van der Waals surface area contributed by atoms with Crippen molar-refractivity contribution in [1.82, 2.24) is 0 Å². The van der Waals surface area contributed by atoms with Gasteiger partial charge in [-0.05, 0) is 24.1 Å². The van der Waals surface area contributed by atoms with Crippen molar-refractivity contribution in [2.24, 2.45) is 5.73 Å². The van der Waals surface area contributed by atoms with Gasteiger partial charge in [0, 0.05) is 5.57 Å². The molecule has 4 nitrogen and oxygen atoms in total. The number of esters is 1. The van der Waals surface area contributed by atoms with Crippen molar-refractivity contribution in [1.29, 1.82) is 0 Å². The summed E-state index contributed by atoms with van der Waals surface area (Å²) >= 11 is 0. The Morgan fingerprint density at radius 1 is 1.29 bits per heavy atom. The molecular formula is C13H15NO3. The van der Waals surface area contributed by atoms with Gasteiger partial charge in [0.05, 0.1) is 13.5 Å². The van der Waals surface area contributed by atoms with Gasteiger partial charge in [-0.2, -0.15) is 0 Å². The highest BCUT2D eigenvalue weighted by Gasteiger charge is 2.03. The molecule has 90 valence electrons. The van der Waals surface area contributed by atoms with Crippen molar-refractivity contribution < 1.29 is 14.3 Å². The van der Waals surface area contributed by atoms with Crippen LogP contribution in [-0.4, -0.2) is 19.0 Å². The minimum atomic E-state index is -0.362. The first-order valence-electron chi connectivity index (χ1n) is 5.17. The molecule has 0 spiro atoms. The summed E-state index contributed by atoms with van der Waals surface area (Å²) in [7, 11) is 1.34. The number of ether oxygens (including phenoxy) is 1. The first kappa shape index (κ1) is 13.0. The molecular weight excluding hydrogens is 218 g/mol. The summed E-state index contributed by atoms with van der Waals surface area (Å²) in [6, 6.07) is 7.26. The summed E-state index contributed by atoms with van der Waals surface area (Å²) < 4.78 is 4.59. The summed E-state index contributed by atoms with van der Waals surface area (Å²) in [5.41, 5.74) is 7.34. The van der Waals surface area contributed by atoms with E-state index in [4.69, 9.17) is 5.73 Å². The van der Waals surface area contributed by atoms with Gasteiger partial charge in [-0.3, -0.25) is 4.79 Å². The number of hydrogen-bond donors (Lipinski definition) is 1. The molecule has 0 aliphatic heterocycles. The third-order valence-electron chi connectivity index (χ3n) is 2.25. The van der Waals surface area contributed by atoms with E-state index in [0.717, 1.165) is 11.1 Å². The molecule has 0 aromatic heterocycles. The molecule has 0 saturated heterocycles. The van der Waals surface area contributed by atoms with E-state index < -0.39 is 0 Å². The van der Waals surface area contributed by atoms with E-state index in [1.54, 1.807) is 25.1 Å². The average Bonchev–Trinajstić information content (AvgIpc) is 2.30. The fourth-order valence-electron chi connectivity index (χ4n) is 1.40. The molecule has 0 heterocycles. The fraction of sp³-hybridized carbons (Fsp3) is 0.231. The second-order valence-corrected chi connectivity index (χ2v) is 3.70. The van der Waals surface area contributed by atoms with E-state index in [2.05, 4.69) is 4.74 Å². The molecule has 0 atom stereocenters. The molecule has 0 saturated carbocycles. The summed E-state index contributed by atoms with van der Waals surface area (Å²) in [6.45, 7) is 1.68. The van der Waals surface area contributed by atoms with Crippen LogP contribution < -0.4 is 5.73 Å². The van der Waals surface area contributed by atoms with Gasteiger partial charge in [0.1, 0.15) is 0 Å². The van der Waals surface area contributed by atoms with Gasteiger partial charge >= 0.3 is 5.97 Å². The molecule has 0 radical (unpaired) electrons. The van der Waals surface area contributed by atoms with Crippen molar-refractivity contribution in [3.63, 3.8) is 0 Å². The largest absolute Gasteiger partial charge is 0.466 e. The maximum absolute atomic E-state index is 11.2. The highest BCUT2D eigenvalue weighted by atomic mass is 16.5. The molecule has 1 aromatic rings. The van der Waals surface area contributed by atoms with Crippen LogP contribution in [0.3, 0.4) is 0 Å². The number of amides is 1.